The molecule has 1 aromatic carbocycles. The van der Waals surface area contributed by atoms with Crippen molar-refractivity contribution in [2.75, 3.05) is 7.05 Å². The largest absolute Gasteiger partial charge is 0.314 e. The predicted molar refractivity (Wildman–Crippen MR) is 56.2 cm³/mol. The van der Waals surface area contributed by atoms with Crippen LogP contribution >= 0.6 is 0 Å². The van der Waals surface area contributed by atoms with Gasteiger partial charge in [-0.3, -0.25) is 0 Å². The maximum atomic E-state index is 13.4. The maximum Gasteiger partial charge on any atom is 0.161 e. The van der Waals surface area contributed by atoms with Crippen molar-refractivity contribution < 1.29 is 13.2 Å². The minimum absolute atomic E-state index is 0.119. The molecule has 0 spiro atoms. The van der Waals surface area contributed by atoms with E-state index in [1.54, 1.807) is 13.1 Å². The molecular formula is C11H10F3N3. The van der Waals surface area contributed by atoms with Crippen molar-refractivity contribution in [1.29, 1.82) is 0 Å². The summed E-state index contributed by atoms with van der Waals surface area (Å²) in [5, 5.41) is 6.91. The molecule has 6 heteroatoms. The smallest absolute Gasteiger partial charge is 0.161 e. The molecule has 1 N–H and O–H groups in total. The summed E-state index contributed by atoms with van der Waals surface area (Å²) in [5.74, 6) is -3.18. The fourth-order valence-corrected chi connectivity index (χ4v) is 1.46. The van der Waals surface area contributed by atoms with Gasteiger partial charge in [-0.2, -0.15) is 5.10 Å². The van der Waals surface area contributed by atoms with Crippen LogP contribution in [0.3, 0.4) is 0 Å². The van der Waals surface area contributed by atoms with Gasteiger partial charge in [0.25, 0.3) is 0 Å². The first-order valence-corrected chi connectivity index (χ1v) is 4.96. The van der Waals surface area contributed by atoms with Crippen LogP contribution in [-0.2, 0) is 6.54 Å². The van der Waals surface area contributed by atoms with Gasteiger partial charge in [-0.1, -0.05) is 0 Å². The Kier molecular flexibility index (Phi) is 3.14. The van der Waals surface area contributed by atoms with Gasteiger partial charge < -0.3 is 5.32 Å². The fourth-order valence-electron chi connectivity index (χ4n) is 1.46. The number of hydrogen-bond acceptors (Lipinski definition) is 2. The molecule has 0 aliphatic rings. The quantitative estimate of drug-likeness (QED) is 0.833. The van der Waals surface area contributed by atoms with Crippen molar-refractivity contribution in [3.05, 3.63) is 47.5 Å². The summed E-state index contributed by atoms with van der Waals surface area (Å²) in [4.78, 5) is 0. The molecule has 0 bridgehead atoms. The molecule has 2 rings (SSSR count). The van der Waals surface area contributed by atoms with Gasteiger partial charge in [0.05, 0.1) is 5.69 Å². The summed E-state index contributed by atoms with van der Waals surface area (Å²) in [7, 11) is 1.75. The van der Waals surface area contributed by atoms with Gasteiger partial charge in [0, 0.05) is 24.9 Å². The van der Waals surface area contributed by atoms with Gasteiger partial charge in [0.1, 0.15) is 5.69 Å². The van der Waals surface area contributed by atoms with E-state index in [1.165, 1.54) is 10.9 Å². The summed E-state index contributed by atoms with van der Waals surface area (Å²) in [6, 6.07) is 2.95. The minimum Gasteiger partial charge on any atom is -0.314 e. The first-order valence-electron chi connectivity index (χ1n) is 4.96. The normalized spacial score (nSPS) is 10.8. The van der Waals surface area contributed by atoms with Gasteiger partial charge >= 0.3 is 0 Å². The highest BCUT2D eigenvalue weighted by atomic mass is 19.2. The molecule has 1 heterocycles. The second kappa shape index (κ2) is 4.58. The van der Waals surface area contributed by atoms with Gasteiger partial charge in [-0.15, -0.1) is 0 Å². The lowest BCUT2D eigenvalue weighted by Crippen LogP contribution is -2.07. The molecule has 0 saturated carbocycles. The van der Waals surface area contributed by atoms with E-state index in [9.17, 15) is 13.2 Å². The average Bonchev–Trinajstić information content (AvgIpc) is 2.72. The Balaban J connectivity index is 2.41. The van der Waals surface area contributed by atoms with E-state index in [4.69, 9.17) is 0 Å². The van der Waals surface area contributed by atoms with Crippen LogP contribution in [0.4, 0.5) is 13.2 Å². The van der Waals surface area contributed by atoms with Crippen molar-refractivity contribution in [3.8, 4) is 5.69 Å². The van der Waals surface area contributed by atoms with Crippen molar-refractivity contribution in [2.24, 2.45) is 0 Å². The Bertz CT molecular complexity index is 537. The summed E-state index contributed by atoms with van der Waals surface area (Å²) in [5.41, 5.74) is 0.558. The molecule has 0 radical (unpaired) electrons. The molecule has 3 nitrogen and oxygen atoms in total. The Morgan fingerprint density at radius 3 is 2.59 bits per heavy atom. The van der Waals surface area contributed by atoms with Crippen molar-refractivity contribution in [3.63, 3.8) is 0 Å². The molecule has 2 aromatic rings. The Labute approximate surface area is 95.9 Å². The van der Waals surface area contributed by atoms with Crippen LogP contribution in [0.2, 0.25) is 0 Å². The summed E-state index contributed by atoms with van der Waals surface area (Å²) < 4.78 is 40.4. The van der Waals surface area contributed by atoms with Crippen LogP contribution in [0.1, 0.15) is 5.69 Å². The van der Waals surface area contributed by atoms with E-state index in [-0.39, 0.29) is 5.69 Å². The number of aromatic nitrogens is 2. The number of nitrogens with zero attached hydrogens (tertiary/aromatic N) is 2. The molecule has 17 heavy (non-hydrogen) atoms. The molecular weight excluding hydrogens is 231 g/mol. The van der Waals surface area contributed by atoms with Crippen LogP contribution in [0.15, 0.2) is 24.4 Å². The Morgan fingerprint density at radius 1 is 1.18 bits per heavy atom. The predicted octanol–water partition coefficient (Wildman–Crippen LogP) is 2.01. The molecule has 0 fully saturated rings. The summed E-state index contributed by atoms with van der Waals surface area (Å²) >= 11 is 0. The van der Waals surface area contributed by atoms with E-state index < -0.39 is 17.5 Å². The third-order valence-electron chi connectivity index (χ3n) is 2.24. The lowest BCUT2D eigenvalue weighted by molar-refractivity contribution is 0.491. The average molecular weight is 241 g/mol. The third-order valence-corrected chi connectivity index (χ3v) is 2.24. The molecule has 0 saturated heterocycles. The highest BCUT2D eigenvalue weighted by Gasteiger charge is 2.12. The van der Waals surface area contributed by atoms with Crippen molar-refractivity contribution >= 4 is 0 Å². The standard InChI is InChI=1S/C11H10F3N3/c1-15-6-7-2-3-17(16-7)11-5-9(13)8(12)4-10(11)14/h2-5,15H,6H2,1H3. The first-order chi connectivity index (χ1) is 8.11. The van der Waals surface area contributed by atoms with E-state index in [2.05, 4.69) is 10.4 Å². The molecule has 0 aliphatic carbocycles. The Morgan fingerprint density at radius 2 is 1.88 bits per heavy atom. The molecule has 0 amide bonds. The van der Waals surface area contributed by atoms with Gasteiger partial charge in [-0.25, -0.2) is 17.9 Å². The summed E-state index contributed by atoms with van der Waals surface area (Å²) in [6.07, 6.45) is 1.49. The SMILES string of the molecule is CNCc1ccn(-c2cc(F)c(F)cc2F)n1. The fraction of sp³-hybridized carbons (Fsp3) is 0.182. The van der Waals surface area contributed by atoms with E-state index in [0.29, 0.717) is 18.3 Å². The van der Waals surface area contributed by atoms with Crippen molar-refractivity contribution in [2.45, 2.75) is 6.54 Å². The van der Waals surface area contributed by atoms with Crippen LogP contribution < -0.4 is 5.32 Å². The Hall–Kier alpha value is -1.82. The van der Waals surface area contributed by atoms with E-state index in [0.717, 1.165) is 6.07 Å². The lowest BCUT2D eigenvalue weighted by atomic mass is 10.3. The van der Waals surface area contributed by atoms with Gasteiger partial charge in [-0.05, 0) is 13.1 Å². The zero-order valence-electron chi connectivity index (χ0n) is 9.04. The van der Waals surface area contributed by atoms with Crippen LogP contribution in [0.25, 0.3) is 5.69 Å². The second-order valence-corrected chi connectivity index (χ2v) is 3.50. The van der Waals surface area contributed by atoms with Gasteiger partial charge in [0.15, 0.2) is 17.5 Å². The number of rotatable bonds is 3. The number of halogens is 3. The second-order valence-electron chi connectivity index (χ2n) is 3.50. The van der Waals surface area contributed by atoms with E-state index >= 15 is 0 Å². The highest BCUT2D eigenvalue weighted by Crippen LogP contribution is 2.17. The molecule has 1 aromatic heterocycles. The van der Waals surface area contributed by atoms with E-state index in [1.807, 2.05) is 0 Å². The van der Waals surface area contributed by atoms with Crippen LogP contribution in [0.5, 0.6) is 0 Å². The minimum atomic E-state index is -1.21. The van der Waals surface area contributed by atoms with Gasteiger partial charge in [0.2, 0.25) is 0 Å². The molecule has 0 aliphatic heterocycles. The zero-order chi connectivity index (χ0) is 12.4. The monoisotopic (exact) mass is 241 g/mol. The number of benzene rings is 1. The first kappa shape index (κ1) is 11.7. The van der Waals surface area contributed by atoms with Crippen LogP contribution in [0, 0.1) is 17.5 Å². The third kappa shape index (κ3) is 2.31. The summed E-state index contributed by atoms with van der Waals surface area (Å²) in [6.45, 7) is 0.512. The number of hydrogen-bond donors (Lipinski definition) is 1. The number of nitrogens with one attached hydrogen (secondary N) is 1. The van der Waals surface area contributed by atoms with Crippen molar-refractivity contribution in [1.82, 2.24) is 15.1 Å². The lowest BCUT2D eigenvalue weighted by Gasteiger charge is -2.04. The molecule has 0 atom stereocenters. The topological polar surface area (TPSA) is 29.9 Å². The molecule has 90 valence electrons. The molecule has 0 unspecified atom stereocenters. The maximum absolute atomic E-state index is 13.4. The highest BCUT2D eigenvalue weighted by molar-refractivity contribution is 5.34. The van der Waals surface area contributed by atoms with Crippen LogP contribution in [-0.4, -0.2) is 16.8 Å². The zero-order valence-corrected chi connectivity index (χ0v) is 9.04.